The number of rotatable bonds is 4. The first-order chi connectivity index (χ1) is 8.70. The highest BCUT2D eigenvalue weighted by Crippen LogP contribution is 2.25. The number of hydrogen-bond acceptors (Lipinski definition) is 5. The van der Waals surface area contributed by atoms with E-state index in [2.05, 4.69) is 0 Å². The fourth-order valence-electron chi connectivity index (χ4n) is 1.92. The average Bonchev–Trinajstić information content (AvgIpc) is 3.05. The molecule has 1 unspecified atom stereocenters. The van der Waals surface area contributed by atoms with Crippen LogP contribution >= 0.6 is 23.1 Å². The highest BCUT2D eigenvalue weighted by atomic mass is 32.2. The summed E-state index contributed by atoms with van der Waals surface area (Å²) >= 11 is 3.18. The van der Waals surface area contributed by atoms with Crippen LogP contribution < -0.4 is 0 Å². The third-order valence-corrected chi connectivity index (χ3v) is 5.02. The number of carbonyl (C=O) groups excluding carboxylic acids is 2. The van der Waals surface area contributed by atoms with Crippen molar-refractivity contribution in [2.45, 2.75) is 10.6 Å². The van der Waals surface area contributed by atoms with Crippen molar-refractivity contribution in [3.8, 4) is 0 Å². The second kappa shape index (κ2) is 6.24. The molecule has 0 saturated carbocycles. The molecule has 2 rings (SSSR count). The van der Waals surface area contributed by atoms with E-state index in [9.17, 15) is 9.59 Å². The minimum atomic E-state index is -0.212. The largest absolute Gasteiger partial charge is 0.469 e. The van der Waals surface area contributed by atoms with E-state index < -0.39 is 0 Å². The van der Waals surface area contributed by atoms with Gasteiger partial charge in [0.25, 0.3) is 0 Å². The van der Waals surface area contributed by atoms with Gasteiger partial charge in [0, 0.05) is 13.1 Å². The molecule has 1 aliphatic heterocycles. The van der Waals surface area contributed by atoms with Gasteiger partial charge in [0.1, 0.15) is 0 Å². The first-order valence-electron chi connectivity index (χ1n) is 5.72. The Bertz CT molecular complexity index is 419. The zero-order valence-electron chi connectivity index (χ0n) is 10.1. The number of thiophene rings is 1. The summed E-state index contributed by atoms with van der Waals surface area (Å²) in [6.45, 7) is 1.15. The number of methoxy groups -OCH3 is 1. The van der Waals surface area contributed by atoms with Crippen molar-refractivity contribution in [1.82, 2.24) is 4.90 Å². The summed E-state index contributed by atoms with van der Waals surface area (Å²) in [7, 11) is 1.39. The van der Waals surface area contributed by atoms with E-state index in [-0.39, 0.29) is 17.8 Å². The van der Waals surface area contributed by atoms with E-state index in [0.29, 0.717) is 25.3 Å². The van der Waals surface area contributed by atoms with E-state index in [1.807, 2.05) is 17.5 Å². The summed E-state index contributed by atoms with van der Waals surface area (Å²) in [5, 5.41) is 2.00. The van der Waals surface area contributed by atoms with Crippen molar-refractivity contribution in [3.63, 3.8) is 0 Å². The lowest BCUT2D eigenvalue weighted by atomic mass is 10.1. The number of carbonyl (C=O) groups is 2. The van der Waals surface area contributed by atoms with Crippen molar-refractivity contribution >= 4 is 35.0 Å². The predicted molar refractivity (Wildman–Crippen MR) is 71.7 cm³/mol. The van der Waals surface area contributed by atoms with Crippen LogP contribution in [-0.4, -0.2) is 42.7 Å². The van der Waals surface area contributed by atoms with Crippen LogP contribution in [-0.2, 0) is 14.3 Å². The summed E-state index contributed by atoms with van der Waals surface area (Å²) in [5.74, 6) is 0.177. The Hall–Kier alpha value is -1.01. The summed E-state index contributed by atoms with van der Waals surface area (Å²) < 4.78 is 5.85. The lowest BCUT2D eigenvalue weighted by Crippen LogP contribution is -2.31. The molecule has 1 amide bonds. The van der Waals surface area contributed by atoms with Crippen molar-refractivity contribution in [2.75, 3.05) is 26.0 Å². The Kier molecular flexibility index (Phi) is 4.66. The summed E-state index contributed by atoms with van der Waals surface area (Å²) in [6.07, 6.45) is 0.710. The van der Waals surface area contributed by atoms with Crippen molar-refractivity contribution in [3.05, 3.63) is 17.5 Å². The standard InChI is InChI=1S/C12H15NO3S2/c1-16-12(15)9-4-5-13(7-9)10(14)8-18-11-3-2-6-17-11/h2-3,6,9H,4-5,7-8H2,1H3. The van der Waals surface area contributed by atoms with Gasteiger partial charge in [-0.3, -0.25) is 9.59 Å². The third-order valence-electron chi connectivity index (χ3n) is 2.91. The Labute approximate surface area is 114 Å². The second-order valence-electron chi connectivity index (χ2n) is 4.07. The first-order valence-corrected chi connectivity index (χ1v) is 7.59. The third kappa shape index (κ3) is 3.26. The van der Waals surface area contributed by atoms with E-state index >= 15 is 0 Å². The molecular weight excluding hydrogens is 270 g/mol. The van der Waals surface area contributed by atoms with Crippen LogP contribution in [0.1, 0.15) is 6.42 Å². The highest BCUT2D eigenvalue weighted by Gasteiger charge is 2.31. The monoisotopic (exact) mass is 285 g/mol. The number of esters is 1. The zero-order valence-corrected chi connectivity index (χ0v) is 11.8. The van der Waals surface area contributed by atoms with Crippen LogP contribution in [0.5, 0.6) is 0 Å². The van der Waals surface area contributed by atoms with Crippen LogP contribution in [0.25, 0.3) is 0 Å². The van der Waals surface area contributed by atoms with Crippen molar-refractivity contribution < 1.29 is 14.3 Å². The molecule has 0 aliphatic carbocycles. The highest BCUT2D eigenvalue weighted by molar-refractivity contribution is 8.01. The molecule has 0 N–H and O–H groups in total. The number of hydrogen-bond donors (Lipinski definition) is 0. The maximum atomic E-state index is 12.0. The number of thioether (sulfide) groups is 1. The van der Waals surface area contributed by atoms with E-state index in [0.717, 1.165) is 4.21 Å². The predicted octanol–water partition coefficient (Wildman–Crippen LogP) is 1.86. The van der Waals surface area contributed by atoms with Crippen LogP contribution in [0.2, 0.25) is 0 Å². The van der Waals surface area contributed by atoms with Gasteiger partial charge in [0.2, 0.25) is 5.91 Å². The second-order valence-corrected chi connectivity index (χ2v) is 6.29. The molecule has 0 spiro atoms. The minimum Gasteiger partial charge on any atom is -0.469 e. The molecule has 0 bridgehead atoms. The van der Waals surface area contributed by atoms with E-state index in [1.165, 1.54) is 7.11 Å². The Morgan fingerprint density at radius 1 is 1.61 bits per heavy atom. The summed E-state index contributed by atoms with van der Waals surface area (Å²) in [5.41, 5.74) is 0. The molecule has 1 aliphatic rings. The van der Waals surface area contributed by atoms with Gasteiger partial charge in [0.15, 0.2) is 0 Å². The quantitative estimate of drug-likeness (QED) is 0.626. The maximum absolute atomic E-state index is 12.0. The Balaban J connectivity index is 1.78. The molecule has 6 heteroatoms. The molecule has 1 aromatic rings. The molecule has 0 aromatic carbocycles. The van der Waals surface area contributed by atoms with Crippen molar-refractivity contribution in [2.24, 2.45) is 5.92 Å². The molecular formula is C12H15NO3S2. The summed E-state index contributed by atoms with van der Waals surface area (Å²) in [4.78, 5) is 25.1. The average molecular weight is 285 g/mol. The van der Waals surface area contributed by atoms with Gasteiger partial charge in [-0.25, -0.2) is 0 Å². The minimum absolute atomic E-state index is 0.0970. The van der Waals surface area contributed by atoms with Gasteiger partial charge in [0.05, 0.1) is 23.0 Å². The first kappa shape index (κ1) is 13.4. The zero-order chi connectivity index (χ0) is 13.0. The molecule has 98 valence electrons. The van der Waals surface area contributed by atoms with Gasteiger partial charge < -0.3 is 9.64 Å². The molecule has 4 nitrogen and oxygen atoms in total. The SMILES string of the molecule is COC(=O)C1CCN(C(=O)CSc2cccs2)C1. The summed E-state index contributed by atoms with van der Waals surface area (Å²) in [6, 6.07) is 3.98. The fourth-order valence-corrected chi connectivity index (χ4v) is 3.60. The van der Waals surface area contributed by atoms with Gasteiger partial charge >= 0.3 is 5.97 Å². The molecule has 1 fully saturated rings. The van der Waals surface area contributed by atoms with Crippen LogP contribution in [0.15, 0.2) is 21.7 Å². The molecule has 2 heterocycles. The van der Waals surface area contributed by atoms with Crippen molar-refractivity contribution in [1.29, 1.82) is 0 Å². The molecule has 1 aromatic heterocycles. The number of amides is 1. The lowest BCUT2D eigenvalue weighted by Gasteiger charge is -2.15. The Morgan fingerprint density at radius 2 is 2.44 bits per heavy atom. The van der Waals surface area contributed by atoms with Crippen LogP contribution in [0.4, 0.5) is 0 Å². The maximum Gasteiger partial charge on any atom is 0.310 e. The van der Waals surface area contributed by atoms with Gasteiger partial charge in [-0.05, 0) is 17.9 Å². The number of ether oxygens (including phenoxy) is 1. The molecule has 18 heavy (non-hydrogen) atoms. The van der Waals surface area contributed by atoms with Gasteiger partial charge in [-0.15, -0.1) is 23.1 Å². The lowest BCUT2D eigenvalue weighted by molar-refractivity contribution is -0.145. The van der Waals surface area contributed by atoms with Crippen LogP contribution in [0, 0.1) is 5.92 Å². The van der Waals surface area contributed by atoms with Gasteiger partial charge in [-0.1, -0.05) is 6.07 Å². The van der Waals surface area contributed by atoms with Gasteiger partial charge in [-0.2, -0.15) is 0 Å². The van der Waals surface area contributed by atoms with Crippen LogP contribution in [0.3, 0.4) is 0 Å². The molecule has 1 atom stereocenters. The fraction of sp³-hybridized carbons (Fsp3) is 0.500. The topological polar surface area (TPSA) is 46.6 Å². The van der Waals surface area contributed by atoms with E-state index in [1.54, 1.807) is 28.0 Å². The molecule has 1 saturated heterocycles. The molecule has 0 radical (unpaired) electrons. The number of nitrogens with zero attached hydrogens (tertiary/aromatic N) is 1. The Morgan fingerprint density at radius 3 is 3.11 bits per heavy atom. The van der Waals surface area contributed by atoms with E-state index in [4.69, 9.17) is 4.74 Å². The normalized spacial score (nSPS) is 18.9. The smallest absolute Gasteiger partial charge is 0.310 e. The number of likely N-dealkylation sites (tertiary alicyclic amines) is 1.